The summed E-state index contributed by atoms with van der Waals surface area (Å²) < 4.78 is 24.3. The van der Waals surface area contributed by atoms with Gasteiger partial charge in [-0.3, -0.25) is 0 Å². The first kappa shape index (κ1) is 14.3. The Labute approximate surface area is 115 Å². The van der Waals surface area contributed by atoms with Crippen LogP contribution in [-0.4, -0.2) is 33.8 Å². The molecule has 1 saturated heterocycles. The quantitative estimate of drug-likeness (QED) is 0.912. The number of para-hydroxylation sites is 1. The Morgan fingerprint density at radius 3 is 2.63 bits per heavy atom. The van der Waals surface area contributed by atoms with Crippen LogP contribution in [0.5, 0.6) is 0 Å². The Bertz CT molecular complexity index is 556. The van der Waals surface area contributed by atoms with Crippen molar-refractivity contribution in [3.05, 3.63) is 24.3 Å². The van der Waals surface area contributed by atoms with E-state index in [0.717, 1.165) is 25.2 Å². The fourth-order valence-electron chi connectivity index (χ4n) is 2.53. The molecule has 0 bridgehead atoms. The predicted octanol–water partition coefficient (Wildman–Crippen LogP) is 1.66. The largest absolute Gasteiger partial charge is 0.370 e. The van der Waals surface area contributed by atoms with Crippen LogP contribution < -0.4 is 10.6 Å². The Hall–Kier alpha value is -1.07. The molecule has 0 spiro atoms. The molecule has 1 aliphatic heterocycles. The second-order valence-corrected chi connectivity index (χ2v) is 7.80. The minimum absolute atomic E-state index is 0.0864. The number of benzene rings is 1. The van der Waals surface area contributed by atoms with E-state index in [1.54, 1.807) is 19.1 Å². The minimum Gasteiger partial charge on any atom is -0.370 e. The van der Waals surface area contributed by atoms with Crippen molar-refractivity contribution >= 4 is 15.5 Å². The number of nitrogens with zero attached hydrogens (tertiary/aromatic N) is 1. The summed E-state index contributed by atoms with van der Waals surface area (Å²) in [6, 6.07) is 7.27. The van der Waals surface area contributed by atoms with E-state index in [4.69, 9.17) is 5.73 Å². The fraction of sp³-hybridized carbons (Fsp3) is 0.571. The number of hydrogen-bond donors (Lipinski definition) is 1. The monoisotopic (exact) mass is 282 g/mol. The fourth-order valence-corrected chi connectivity index (χ4v) is 3.65. The molecule has 0 amide bonds. The lowest BCUT2D eigenvalue weighted by atomic mass is 9.90. The minimum atomic E-state index is -3.18. The lowest BCUT2D eigenvalue weighted by Crippen LogP contribution is -2.31. The van der Waals surface area contributed by atoms with E-state index >= 15 is 0 Å². The molecule has 1 unspecified atom stereocenters. The number of anilines is 1. The van der Waals surface area contributed by atoms with Gasteiger partial charge < -0.3 is 10.6 Å². The summed E-state index contributed by atoms with van der Waals surface area (Å²) in [6.45, 7) is 6.15. The Kier molecular flexibility index (Phi) is 3.87. The highest BCUT2D eigenvalue weighted by Crippen LogP contribution is 2.35. The van der Waals surface area contributed by atoms with Crippen molar-refractivity contribution in [2.45, 2.75) is 25.2 Å². The van der Waals surface area contributed by atoms with E-state index in [0.29, 0.717) is 11.4 Å². The summed E-state index contributed by atoms with van der Waals surface area (Å²) in [4.78, 5) is 2.59. The number of sulfone groups is 1. The first-order valence-electron chi connectivity index (χ1n) is 6.69. The first-order chi connectivity index (χ1) is 8.92. The van der Waals surface area contributed by atoms with Crippen LogP contribution in [0.1, 0.15) is 20.3 Å². The molecular weight excluding hydrogens is 260 g/mol. The van der Waals surface area contributed by atoms with E-state index in [1.807, 2.05) is 12.1 Å². The standard InChI is InChI=1S/C14H22N2O2S/c1-3-19(17,18)13-7-5-4-6-12(13)16-9-8-14(2,10-15)11-16/h4-7H,3,8-11,15H2,1-2H3. The number of nitrogens with two attached hydrogens (primary N) is 1. The van der Waals surface area contributed by atoms with Crippen molar-refractivity contribution in [2.24, 2.45) is 11.1 Å². The van der Waals surface area contributed by atoms with Crippen LogP contribution in [0.4, 0.5) is 5.69 Å². The van der Waals surface area contributed by atoms with Crippen molar-refractivity contribution in [1.82, 2.24) is 0 Å². The van der Waals surface area contributed by atoms with Gasteiger partial charge in [-0.05, 0) is 30.5 Å². The molecule has 4 nitrogen and oxygen atoms in total. The second-order valence-electron chi connectivity index (χ2n) is 5.56. The van der Waals surface area contributed by atoms with Crippen molar-refractivity contribution in [3.63, 3.8) is 0 Å². The molecule has 0 radical (unpaired) electrons. The van der Waals surface area contributed by atoms with Gasteiger partial charge in [-0.25, -0.2) is 8.42 Å². The number of rotatable bonds is 4. The molecule has 106 valence electrons. The lowest BCUT2D eigenvalue weighted by molar-refractivity contribution is 0.383. The van der Waals surface area contributed by atoms with Crippen molar-refractivity contribution in [3.8, 4) is 0 Å². The van der Waals surface area contributed by atoms with Gasteiger partial charge in [-0.1, -0.05) is 26.0 Å². The summed E-state index contributed by atoms with van der Waals surface area (Å²) >= 11 is 0. The van der Waals surface area contributed by atoms with Gasteiger partial charge in [0.15, 0.2) is 9.84 Å². The summed E-state index contributed by atoms with van der Waals surface area (Å²) in [5.74, 6) is 0.131. The van der Waals surface area contributed by atoms with E-state index in [2.05, 4.69) is 11.8 Å². The van der Waals surface area contributed by atoms with Crippen LogP contribution in [0.2, 0.25) is 0 Å². The van der Waals surface area contributed by atoms with Gasteiger partial charge in [0.2, 0.25) is 0 Å². The van der Waals surface area contributed by atoms with E-state index in [1.165, 1.54) is 0 Å². The molecule has 5 heteroatoms. The first-order valence-corrected chi connectivity index (χ1v) is 8.34. The van der Waals surface area contributed by atoms with Gasteiger partial charge in [-0.15, -0.1) is 0 Å². The van der Waals surface area contributed by atoms with E-state index in [-0.39, 0.29) is 11.2 Å². The molecule has 1 fully saturated rings. The average Bonchev–Trinajstić information content (AvgIpc) is 2.82. The average molecular weight is 282 g/mol. The summed E-state index contributed by atoms with van der Waals surface area (Å²) in [6.07, 6.45) is 1.00. The third-order valence-corrected chi connectivity index (χ3v) is 5.75. The Balaban J connectivity index is 2.38. The van der Waals surface area contributed by atoms with Crippen molar-refractivity contribution in [1.29, 1.82) is 0 Å². The van der Waals surface area contributed by atoms with Gasteiger partial charge in [-0.2, -0.15) is 0 Å². The van der Waals surface area contributed by atoms with Crippen molar-refractivity contribution < 1.29 is 8.42 Å². The van der Waals surface area contributed by atoms with Crippen LogP contribution in [0, 0.1) is 5.41 Å². The third kappa shape index (κ3) is 2.77. The highest BCUT2D eigenvalue weighted by Gasteiger charge is 2.34. The van der Waals surface area contributed by atoms with Gasteiger partial charge in [0.05, 0.1) is 16.3 Å². The van der Waals surface area contributed by atoms with Crippen LogP contribution in [0.25, 0.3) is 0 Å². The van der Waals surface area contributed by atoms with Crippen LogP contribution in [-0.2, 0) is 9.84 Å². The molecule has 1 aromatic carbocycles. The maximum absolute atomic E-state index is 12.2. The van der Waals surface area contributed by atoms with Crippen LogP contribution >= 0.6 is 0 Å². The van der Waals surface area contributed by atoms with Crippen molar-refractivity contribution in [2.75, 3.05) is 30.3 Å². The summed E-state index contributed by atoms with van der Waals surface area (Å²) in [7, 11) is -3.18. The van der Waals surface area contributed by atoms with Gasteiger partial charge in [0.25, 0.3) is 0 Å². The van der Waals surface area contributed by atoms with Crippen LogP contribution in [0.3, 0.4) is 0 Å². The second kappa shape index (κ2) is 5.13. The summed E-state index contributed by atoms with van der Waals surface area (Å²) in [5.41, 5.74) is 6.72. The Morgan fingerprint density at radius 1 is 1.37 bits per heavy atom. The molecule has 0 saturated carbocycles. The maximum Gasteiger partial charge on any atom is 0.180 e. The molecule has 2 rings (SSSR count). The molecular formula is C14H22N2O2S. The van der Waals surface area contributed by atoms with Gasteiger partial charge in [0.1, 0.15) is 0 Å². The smallest absolute Gasteiger partial charge is 0.180 e. The molecule has 2 N–H and O–H groups in total. The molecule has 1 atom stereocenters. The normalized spacial score (nSPS) is 23.8. The zero-order valence-corrected chi connectivity index (χ0v) is 12.4. The number of hydrogen-bond acceptors (Lipinski definition) is 4. The zero-order valence-electron chi connectivity index (χ0n) is 11.6. The predicted molar refractivity (Wildman–Crippen MR) is 78.2 cm³/mol. The van der Waals surface area contributed by atoms with Gasteiger partial charge in [0, 0.05) is 13.1 Å². The highest BCUT2D eigenvalue weighted by molar-refractivity contribution is 7.91. The SMILES string of the molecule is CCS(=O)(=O)c1ccccc1N1CCC(C)(CN)C1. The van der Waals surface area contributed by atoms with E-state index in [9.17, 15) is 8.42 Å². The third-order valence-electron chi connectivity index (χ3n) is 3.97. The molecule has 1 heterocycles. The molecule has 1 aromatic rings. The topological polar surface area (TPSA) is 63.4 Å². The zero-order chi connectivity index (χ0) is 14.1. The summed E-state index contributed by atoms with van der Waals surface area (Å²) in [5, 5.41) is 0. The highest BCUT2D eigenvalue weighted by atomic mass is 32.2. The van der Waals surface area contributed by atoms with Gasteiger partial charge >= 0.3 is 0 Å². The van der Waals surface area contributed by atoms with E-state index < -0.39 is 9.84 Å². The molecule has 19 heavy (non-hydrogen) atoms. The molecule has 0 aromatic heterocycles. The van der Waals surface area contributed by atoms with Crippen LogP contribution in [0.15, 0.2) is 29.2 Å². The lowest BCUT2D eigenvalue weighted by Gasteiger charge is -2.25. The Morgan fingerprint density at radius 2 is 2.05 bits per heavy atom. The molecule has 1 aliphatic rings. The maximum atomic E-state index is 12.2. The molecule has 0 aliphatic carbocycles.